The fourth-order valence-electron chi connectivity index (χ4n) is 8.89. The van der Waals surface area contributed by atoms with Crippen LogP contribution in [0.5, 0.6) is 23.0 Å². The molecule has 1 aliphatic carbocycles. The first-order chi connectivity index (χ1) is 35.7. The highest BCUT2D eigenvalue weighted by Crippen LogP contribution is 2.44. The maximum atomic E-state index is 13.4. The Kier molecular flexibility index (Phi) is 20.9. The van der Waals surface area contributed by atoms with Crippen molar-refractivity contribution in [2.45, 2.75) is 137 Å². The molecule has 76 heavy (non-hydrogen) atoms. The fraction of sp³-hybridized carbons (Fsp3) is 0.533. The standard InChI is InChI=1S/C60H84N4O12/c1-57(2,3)45-25-37-21-39-27-46(58(4,5)6)29-41(54(39)74-34-51(71)62-15-19-67)23-43-31-48(60(10,11)12)32-44(56(43)76-36-64-49(69)13-17-65)24-42-30-47(59(7,8)9)28-40(55(42)75-35-52(72)63-16-20-68)22-38(26-45)53(37)73-33-50(70)61-14-18-66/h25-32,65-68H,13-24,33-36H2,1-12H3,(H,61,70)(H,62,71)(H,63,72)(H,64,69). The van der Waals surface area contributed by atoms with Crippen LogP contribution in [0.15, 0.2) is 48.5 Å². The highest BCUT2D eigenvalue weighted by atomic mass is 16.5. The summed E-state index contributed by atoms with van der Waals surface area (Å²) in [5.41, 5.74) is 8.28. The number of ether oxygens (including phenoxy) is 4. The third kappa shape index (κ3) is 16.9. The van der Waals surface area contributed by atoms with Gasteiger partial charge >= 0.3 is 0 Å². The summed E-state index contributed by atoms with van der Waals surface area (Å²) in [5, 5.41) is 49.3. The molecule has 0 radical (unpaired) electrons. The number of carbonyl (C=O) groups excluding carboxylic acids is 4. The largest absolute Gasteiger partial charge is 0.483 e. The molecule has 8 bridgehead atoms. The van der Waals surface area contributed by atoms with Crippen LogP contribution in [0.25, 0.3) is 0 Å². The van der Waals surface area contributed by atoms with Gasteiger partial charge in [-0.25, -0.2) is 0 Å². The second-order valence-electron chi connectivity index (χ2n) is 23.7. The van der Waals surface area contributed by atoms with Crippen molar-refractivity contribution in [2.24, 2.45) is 0 Å². The van der Waals surface area contributed by atoms with E-state index in [2.05, 4.69) is 153 Å². The number of aliphatic hydroxyl groups excluding tert-OH is 4. The van der Waals surface area contributed by atoms with Crippen molar-refractivity contribution in [1.82, 2.24) is 21.3 Å². The Morgan fingerprint density at radius 3 is 0.816 bits per heavy atom. The molecule has 0 atom stereocenters. The van der Waals surface area contributed by atoms with Crippen molar-refractivity contribution >= 4 is 23.6 Å². The minimum Gasteiger partial charge on any atom is -0.483 e. The van der Waals surface area contributed by atoms with E-state index in [0.29, 0.717) is 23.0 Å². The summed E-state index contributed by atoms with van der Waals surface area (Å²) in [6.07, 6.45) is 0.767. The Balaban J connectivity index is 2.01. The second-order valence-corrected chi connectivity index (χ2v) is 23.7. The number of carbonyl (C=O) groups is 4. The molecule has 0 aliphatic heterocycles. The van der Waals surface area contributed by atoms with Gasteiger partial charge in [0.15, 0.2) is 26.6 Å². The van der Waals surface area contributed by atoms with Crippen LogP contribution < -0.4 is 40.2 Å². The van der Waals surface area contributed by atoms with Crippen molar-refractivity contribution in [3.63, 3.8) is 0 Å². The van der Waals surface area contributed by atoms with Gasteiger partial charge in [0.05, 0.1) is 26.4 Å². The van der Waals surface area contributed by atoms with Crippen LogP contribution in [0.2, 0.25) is 0 Å². The smallest absolute Gasteiger partial charge is 0.258 e. The van der Waals surface area contributed by atoms with Gasteiger partial charge in [-0.2, -0.15) is 0 Å². The van der Waals surface area contributed by atoms with E-state index in [1.165, 1.54) is 0 Å². The second kappa shape index (κ2) is 26.2. The van der Waals surface area contributed by atoms with Crippen molar-refractivity contribution in [3.05, 3.63) is 115 Å². The van der Waals surface area contributed by atoms with Crippen molar-refractivity contribution in [3.8, 4) is 23.0 Å². The quantitative estimate of drug-likeness (QED) is 0.0429. The molecule has 0 aromatic heterocycles. The van der Waals surface area contributed by atoms with Gasteiger partial charge in [0.2, 0.25) is 5.91 Å². The van der Waals surface area contributed by atoms with Gasteiger partial charge in [-0.1, -0.05) is 132 Å². The molecule has 0 saturated heterocycles. The van der Waals surface area contributed by atoms with Gasteiger partial charge in [0.1, 0.15) is 23.0 Å². The Morgan fingerprint density at radius 1 is 0.368 bits per heavy atom. The number of nitrogens with one attached hydrogen (secondary N) is 4. The summed E-state index contributed by atoms with van der Waals surface area (Å²) in [4.78, 5) is 53.1. The van der Waals surface area contributed by atoms with Crippen molar-refractivity contribution in [1.29, 1.82) is 0 Å². The zero-order chi connectivity index (χ0) is 56.2. The molecule has 4 aromatic rings. The predicted molar refractivity (Wildman–Crippen MR) is 294 cm³/mol. The van der Waals surface area contributed by atoms with E-state index in [-0.39, 0.29) is 110 Å². The predicted octanol–water partition coefficient (Wildman–Crippen LogP) is 5.85. The molecule has 0 heterocycles. The number of hydrogen-bond acceptors (Lipinski definition) is 12. The molecule has 16 nitrogen and oxygen atoms in total. The summed E-state index contributed by atoms with van der Waals surface area (Å²) >= 11 is 0. The summed E-state index contributed by atoms with van der Waals surface area (Å²) in [6.45, 7) is 23.2. The summed E-state index contributed by atoms with van der Waals surface area (Å²) < 4.78 is 26.8. The van der Waals surface area contributed by atoms with Crippen molar-refractivity contribution in [2.75, 3.05) is 72.6 Å². The number of benzene rings is 4. The number of aliphatic hydroxyl groups is 4. The minimum absolute atomic E-state index is 0.0409. The van der Waals surface area contributed by atoms with Crippen LogP contribution in [0, 0.1) is 0 Å². The van der Waals surface area contributed by atoms with Gasteiger partial charge in [0.25, 0.3) is 17.7 Å². The highest BCUT2D eigenvalue weighted by molar-refractivity contribution is 5.79. The molecule has 5 rings (SSSR count). The van der Waals surface area contributed by atoms with E-state index in [1.54, 1.807) is 0 Å². The van der Waals surface area contributed by atoms with E-state index >= 15 is 0 Å². The van der Waals surface area contributed by atoms with Crippen molar-refractivity contribution < 1.29 is 58.6 Å². The normalized spacial score (nSPS) is 12.8. The van der Waals surface area contributed by atoms with E-state index in [0.717, 1.165) is 66.8 Å². The third-order valence-electron chi connectivity index (χ3n) is 13.1. The van der Waals surface area contributed by atoms with E-state index in [4.69, 9.17) is 18.9 Å². The summed E-state index contributed by atoms with van der Waals surface area (Å²) in [7, 11) is 0. The molecule has 4 amide bonds. The van der Waals surface area contributed by atoms with Gasteiger partial charge in [-0.05, 0) is 88.4 Å². The lowest BCUT2D eigenvalue weighted by atomic mass is 9.79. The summed E-state index contributed by atoms with van der Waals surface area (Å²) in [6, 6.07) is 16.7. The average molecular weight is 1050 g/mol. The average Bonchev–Trinajstić information content (AvgIpc) is 3.32. The number of fused-ring (bicyclic) bond motifs is 8. The van der Waals surface area contributed by atoms with Gasteiger partial charge in [0, 0.05) is 51.7 Å². The lowest BCUT2D eigenvalue weighted by Crippen LogP contribution is -2.31. The molecule has 0 fully saturated rings. The van der Waals surface area contributed by atoms with E-state index in [1.807, 2.05) is 0 Å². The molecular formula is C60H84N4O12. The molecule has 0 saturated carbocycles. The van der Waals surface area contributed by atoms with Crippen LogP contribution in [-0.2, 0) is 66.5 Å². The molecule has 1 aliphatic rings. The molecule has 416 valence electrons. The fourth-order valence-corrected chi connectivity index (χ4v) is 8.89. The number of amides is 4. The zero-order valence-electron chi connectivity index (χ0n) is 47.0. The maximum absolute atomic E-state index is 13.4. The first kappa shape index (κ1) is 60.7. The Labute approximate surface area is 449 Å². The molecule has 4 aromatic carbocycles. The summed E-state index contributed by atoms with van der Waals surface area (Å²) in [5.74, 6) is 0.158. The van der Waals surface area contributed by atoms with Crippen LogP contribution >= 0.6 is 0 Å². The molecular weight excluding hydrogens is 969 g/mol. The monoisotopic (exact) mass is 1050 g/mol. The Hall–Kier alpha value is -6.20. The lowest BCUT2D eigenvalue weighted by Gasteiger charge is -2.29. The van der Waals surface area contributed by atoms with Crippen LogP contribution in [0.4, 0.5) is 0 Å². The molecule has 16 heteroatoms. The topological polar surface area (TPSA) is 234 Å². The first-order valence-corrected chi connectivity index (χ1v) is 26.3. The maximum Gasteiger partial charge on any atom is 0.258 e. The van der Waals surface area contributed by atoms with Gasteiger partial charge < -0.3 is 60.6 Å². The van der Waals surface area contributed by atoms with Crippen LogP contribution in [0.3, 0.4) is 0 Å². The number of hydrogen-bond donors (Lipinski definition) is 8. The van der Waals surface area contributed by atoms with Gasteiger partial charge in [-0.15, -0.1) is 0 Å². The van der Waals surface area contributed by atoms with Crippen LogP contribution in [0.1, 0.15) is 156 Å². The van der Waals surface area contributed by atoms with Crippen LogP contribution in [-0.4, -0.2) is 117 Å². The SMILES string of the molecule is CC(C)(C)c1cc2c(OCNC(=O)CCO)c(c1)Cc1cc(C(C)(C)C)cc(c1OCC(=O)NCCO)Cc1cc(C(C)(C)C)cc(c1OCC(=O)NCCO)Cc1cc(C(C)(C)C)cc(c1OCC(=O)NCCO)C2. The van der Waals surface area contributed by atoms with E-state index < -0.39 is 39.9 Å². The minimum atomic E-state index is -0.431. The van der Waals surface area contributed by atoms with Gasteiger partial charge in [-0.3, -0.25) is 19.2 Å². The Bertz CT molecular complexity index is 2550. The number of rotatable bonds is 20. The van der Waals surface area contributed by atoms with E-state index in [9.17, 15) is 39.6 Å². The first-order valence-electron chi connectivity index (χ1n) is 26.3. The highest BCUT2D eigenvalue weighted by Gasteiger charge is 2.30. The molecule has 0 unspecified atom stereocenters. The zero-order valence-corrected chi connectivity index (χ0v) is 47.0. The molecule has 0 spiro atoms. The Morgan fingerprint density at radius 2 is 0.605 bits per heavy atom. The molecule has 8 N–H and O–H groups in total. The lowest BCUT2D eigenvalue weighted by molar-refractivity contribution is -0.124. The third-order valence-corrected chi connectivity index (χ3v) is 13.1.